The SMILES string of the molecule is CCOc1cc(C)cc(OCC)c1.CCOc1cc(C)cc(OCC)c1.CCOc1cc(C)cc(OCC)c1.Cc1ccccc1. The highest BCUT2D eigenvalue weighted by atomic mass is 16.5. The summed E-state index contributed by atoms with van der Waals surface area (Å²) in [6, 6.07) is 28.0. The highest BCUT2D eigenvalue weighted by molar-refractivity contribution is 5.39. The summed E-state index contributed by atoms with van der Waals surface area (Å²) in [5, 5.41) is 0. The number of rotatable bonds is 12. The van der Waals surface area contributed by atoms with Gasteiger partial charge in [0.25, 0.3) is 0 Å². The Balaban J connectivity index is 0.000000313. The average Bonchev–Trinajstić information content (AvgIpc) is 2.99. The first-order valence-corrected chi connectivity index (χ1v) is 16.3. The maximum atomic E-state index is 5.39. The van der Waals surface area contributed by atoms with Crippen LogP contribution >= 0.6 is 0 Å². The van der Waals surface area contributed by atoms with Crippen LogP contribution in [-0.2, 0) is 0 Å². The molecule has 4 aromatic rings. The van der Waals surface area contributed by atoms with Gasteiger partial charge in [0.2, 0.25) is 0 Å². The van der Waals surface area contributed by atoms with Gasteiger partial charge in [-0.1, -0.05) is 35.9 Å². The quantitative estimate of drug-likeness (QED) is 0.155. The fourth-order valence-corrected chi connectivity index (χ4v) is 4.18. The van der Waals surface area contributed by atoms with E-state index < -0.39 is 0 Å². The van der Waals surface area contributed by atoms with E-state index in [2.05, 4.69) is 19.1 Å². The maximum Gasteiger partial charge on any atom is 0.123 e. The average molecular weight is 633 g/mol. The number of aryl methyl sites for hydroxylation is 4. The van der Waals surface area contributed by atoms with Crippen LogP contribution in [0.1, 0.15) is 63.8 Å². The maximum absolute atomic E-state index is 5.39. The van der Waals surface area contributed by atoms with Gasteiger partial charge >= 0.3 is 0 Å². The minimum Gasteiger partial charge on any atom is -0.494 e. The molecule has 6 heteroatoms. The lowest BCUT2D eigenvalue weighted by molar-refractivity contribution is 0.322. The van der Waals surface area contributed by atoms with Crippen molar-refractivity contribution in [2.24, 2.45) is 0 Å². The molecule has 0 atom stereocenters. The zero-order chi connectivity index (χ0) is 34.2. The van der Waals surface area contributed by atoms with Crippen molar-refractivity contribution in [1.82, 2.24) is 0 Å². The van der Waals surface area contributed by atoms with Crippen molar-refractivity contribution in [3.63, 3.8) is 0 Å². The van der Waals surface area contributed by atoms with E-state index in [-0.39, 0.29) is 0 Å². The molecule has 4 aromatic carbocycles. The molecule has 0 aliphatic heterocycles. The second-order valence-electron chi connectivity index (χ2n) is 10.2. The molecular formula is C40H56O6. The molecular weight excluding hydrogens is 576 g/mol. The summed E-state index contributed by atoms with van der Waals surface area (Å²) in [7, 11) is 0. The molecule has 0 saturated heterocycles. The van der Waals surface area contributed by atoms with E-state index in [0.717, 1.165) is 51.2 Å². The Morgan fingerprint density at radius 2 is 0.522 bits per heavy atom. The molecule has 4 rings (SSSR count). The van der Waals surface area contributed by atoms with Gasteiger partial charge in [0.1, 0.15) is 34.5 Å². The third kappa shape index (κ3) is 17.8. The standard InChI is InChI=1S/3C11H16O2.C7H8/c3*1-4-12-10-6-9(3)7-11(8-10)13-5-2;1-7-5-3-2-4-6-7/h3*6-8H,4-5H2,1-3H3;2-6H,1H3. The zero-order valence-corrected chi connectivity index (χ0v) is 29.8. The van der Waals surface area contributed by atoms with Gasteiger partial charge in [0, 0.05) is 18.2 Å². The monoisotopic (exact) mass is 632 g/mol. The summed E-state index contributed by atoms with van der Waals surface area (Å²) in [4.78, 5) is 0. The van der Waals surface area contributed by atoms with Crippen LogP contribution in [0.2, 0.25) is 0 Å². The summed E-state index contributed by atoms with van der Waals surface area (Å²) in [6.45, 7) is 24.2. The largest absolute Gasteiger partial charge is 0.494 e. The molecule has 0 fully saturated rings. The Morgan fingerprint density at radius 1 is 0.304 bits per heavy atom. The Labute approximate surface area is 278 Å². The van der Waals surface area contributed by atoms with Gasteiger partial charge in [-0.25, -0.2) is 0 Å². The number of hydrogen-bond acceptors (Lipinski definition) is 6. The lowest BCUT2D eigenvalue weighted by atomic mass is 10.2. The molecule has 0 radical (unpaired) electrons. The summed E-state index contributed by atoms with van der Waals surface area (Å²) in [5.41, 5.74) is 4.81. The molecule has 252 valence electrons. The fourth-order valence-electron chi connectivity index (χ4n) is 4.18. The van der Waals surface area contributed by atoms with Crippen LogP contribution in [0.5, 0.6) is 34.5 Å². The molecule has 0 heterocycles. The first-order valence-electron chi connectivity index (χ1n) is 16.3. The Hall–Kier alpha value is -4.32. The first-order chi connectivity index (χ1) is 22.2. The predicted molar refractivity (Wildman–Crippen MR) is 192 cm³/mol. The van der Waals surface area contributed by atoms with Crippen LogP contribution in [0.3, 0.4) is 0 Å². The zero-order valence-electron chi connectivity index (χ0n) is 29.8. The van der Waals surface area contributed by atoms with Crippen LogP contribution in [0.4, 0.5) is 0 Å². The minimum absolute atomic E-state index is 0.690. The van der Waals surface area contributed by atoms with Gasteiger partial charge in [-0.2, -0.15) is 0 Å². The number of hydrogen-bond donors (Lipinski definition) is 0. The number of ether oxygens (including phenoxy) is 6. The molecule has 0 aliphatic rings. The van der Waals surface area contributed by atoms with E-state index in [1.165, 1.54) is 5.56 Å². The van der Waals surface area contributed by atoms with Crippen molar-refractivity contribution in [2.45, 2.75) is 69.2 Å². The van der Waals surface area contributed by atoms with Gasteiger partial charge < -0.3 is 28.4 Å². The van der Waals surface area contributed by atoms with Crippen molar-refractivity contribution in [1.29, 1.82) is 0 Å². The van der Waals surface area contributed by atoms with Gasteiger partial charge in [-0.15, -0.1) is 0 Å². The van der Waals surface area contributed by atoms with Crippen LogP contribution in [0.15, 0.2) is 84.9 Å². The third-order valence-corrected chi connectivity index (χ3v) is 5.88. The summed E-state index contributed by atoms with van der Waals surface area (Å²) in [6.07, 6.45) is 0. The smallest absolute Gasteiger partial charge is 0.123 e. The molecule has 0 spiro atoms. The van der Waals surface area contributed by atoms with E-state index in [9.17, 15) is 0 Å². The van der Waals surface area contributed by atoms with Gasteiger partial charge in [0.05, 0.1) is 39.6 Å². The van der Waals surface area contributed by atoms with Crippen LogP contribution in [0.25, 0.3) is 0 Å². The van der Waals surface area contributed by atoms with Crippen molar-refractivity contribution in [3.8, 4) is 34.5 Å². The third-order valence-electron chi connectivity index (χ3n) is 5.88. The summed E-state index contributed by atoms with van der Waals surface area (Å²) >= 11 is 0. The van der Waals surface area contributed by atoms with E-state index in [0.29, 0.717) is 39.6 Å². The molecule has 46 heavy (non-hydrogen) atoms. The first kappa shape index (κ1) is 39.7. The van der Waals surface area contributed by atoms with Crippen molar-refractivity contribution in [2.75, 3.05) is 39.6 Å². The van der Waals surface area contributed by atoms with Crippen molar-refractivity contribution < 1.29 is 28.4 Å². The van der Waals surface area contributed by atoms with E-state index in [1.54, 1.807) is 0 Å². The molecule has 0 unspecified atom stereocenters. The van der Waals surface area contributed by atoms with E-state index in [4.69, 9.17) is 28.4 Å². The van der Waals surface area contributed by atoms with Crippen LogP contribution in [0, 0.1) is 27.7 Å². The molecule has 6 nitrogen and oxygen atoms in total. The Bertz CT molecular complexity index is 1140. The molecule has 0 aliphatic carbocycles. The van der Waals surface area contributed by atoms with Crippen LogP contribution < -0.4 is 28.4 Å². The summed E-state index contributed by atoms with van der Waals surface area (Å²) < 4.78 is 32.4. The van der Waals surface area contributed by atoms with Gasteiger partial charge in [-0.05, 0) is 122 Å². The highest BCUT2D eigenvalue weighted by Crippen LogP contribution is 2.24. The van der Waals surface area contributed by atoms with Crippen LogP contribution in [-0.4, -0.2) is 39.6 Å². The summed E-state index contributed by atoms with van der Waals surface area (Å²) in [5.74, 6) is 5.28. The molecule has 0 N–H and O–H groups in total. The predicted octanol–water partition coefficient (Wildman–Crippen LogP) is 10.4. The molecule has 0 aromatic heterocycles. The Morgan fingerprint density at radius 3 is 0.674 bits per heavy atom. The Kier molecular flexibility index (Phi) is 20.7. The molecule has 0 saturated carbocycles. The van der Waals surface area contributed by atoms with Gasteiger partial charge in [-0.3, -0.25) is 0 Å². The normalized spacial score (nSPS) is 9.61. The highest BCUT2D eigenvalue weighted by Gasteiger charge is 2.01. The minimum atomic E-state index is 0.690. The van der Waals surface area contributed by atoms with E-state index >= 15 is 0 Å². The second kappa shape index (κ2) is 24.0. The number of benzene rings is 4. The molecule has 0 bridgehead atoms. The lowest BCUT2D eigenvalue weighted by Crippen LogP contribution is -1.95. The molecule has 0 amide bonds. The van der Waals surface area contributed by atoms with Gasteiger partial charge in [0.15, 0.2) is 0 Å². The lowest BCUT2D eigenvalue weighted by Gasteiger charge is -2.08. The van der Waals surface area contributed by atoms with Crippen molar-refractivity contribution in [3.05, 3.63) is 107 Å². The van der Waals surface area contributed by atoms with E-state index in [1.807, 2.05) is 135 Å². The fraction of sp³-hybridized carbons (Fsp3) is 0.400. The topological polar surface area (TPSA) is 55.4 Å². The second-order valence-corrected chi connectivity index (χ2v) is 10.2. The van der Waals surface area contributed by atoms with Crippen molar-refractivity contribution >= 4 is 0 Å².